The molecule has 26 heavy (non-hydrogen) atoms. The maximum absolute atomic E-state index is 13.1. The third-order valence-electron chi connectivity index (χ3n) is 4.47. The van der Waals surface area contributed by atoms with Crippen LogP contribution in [-0.4, -0.2) is 18.6 Å². The van der Waals surface area contributed by atoms with Gasteiger partial charge in [0.25, 0.3) is 0 Å². The van der Waals surface area contributed by atoms with Gasteiger partial charge in [-0.3, -0.25) is 0 Å². The zero-order chi connectivity index (χ0) is 18.7. The number of ether oxygens (including phenoxy) is 1. The summed E-state index contributed by atoms with van der Waals surface area (Å²) in [5.41, 5.74) is 8.23. The van der Waals surface area contributed by atoms with E-state index in [9.17, 15) is 13.2 Å². The number of hydrogen-bond donors (Lipinski definition) is 2. The fourth-order valence-electron chi connectivity index (χ4n) is 3.15. The van der Waals surface area contributed by atoms with Crippen LogP contribution in [0.1, 0.15) is 24.0 Å². The number of halogens is 3. The standard InChI is InChI=1S/C20H21F3N2O/c1-26-15-6-4-5-13(11-15)19-16(7-2-3-10-24)17-12-14(20(21,22)23)8-9-18(17)25-19/h4-6,8-9,11-12,25H,2-3,7,10,24H2,1H3. The minimum atomic E-state index is -4.36. The largest absolute Gasteiger partial charge is 0.497 e. The first-order chi connectivity index (χ1) is 12.4. The molecule has 1 aromatic heterocycles. The molecule has 0 bridgehead atoms. The number of benzene rings is 2. The minimum Gasteiger partial charge on any atom is -0.497 e. The van der Waals surface area contributed by atoms with Crippen molar-refractivity contribution in [1.82, 2.24) is 4.98 Å². The van der Waals surface area contributed by atoms with Gasteiger partial charge < -0.3 is 15.5 Å². The summed E-state index contributed by atoms with van der Waals surface area (Å²) in [5, 5.41) is 0.606. The molecule has 0 fully saturated rings. The van der Waals surface area contributed by atoms with E-state index < -0.39 is 11.7 Å². The van der Waals surface area contributed by atoms with Crippen LogP contribution in [0.5, 0.6) is 5.75 Å². The molecule has 0 aliphatic heterocycles. The fourth-order valence-corrected chi connectivity index (χ4v) is 3.15. The highest BCUT2D eigenvalue weighted by Crippen LogP contribution is 2.37. The number of nitrogens with one attached hydrogen (secondary N) is 1. The number of nitrogens with two attached hydrogens (primary N) is 1. The summed E-state index contributed by atoms with van der Waals surface area (Å²) in [7, 11) is 1.59. The zero-order valence-electron chi connectivity index (χ0n) is 14.5. The van der Waals surface area contributed by atoms with Crippen LogP contribution in [0.2, 0.25) is 0 Å². The molecule has 3 N–H and O–H groups in total. The Morgan fingerprint density at radius 1 is 1.08 bits per heavy atom. The summed E-state index contributed by atoms with van der Waals surface area (Å²) >= 11 is 0. The van der Waals surface area contributed by atoms with Crippen LogP contribution >= 0.6 is 0 Å². The van der Waals surface area contributed by atoms with Crippen molar-refractivity contribution in [2.45, 2.75) is 25.4 Å². The number of aromatic amines is 1. The molecule has 0 spiro atoms. The van der Waals surface area contributed by atoms with Crippen molar-refractivity contribution < 1.29 is 17.9 Å². The quantitative estimate of drug-likeness (QED) is 0.596. The number of aromatic nitrogens is 1. The van der Waals surface area contributed by atoms with Crippen molar-refractivity contribution in [3.05, 3.63) is 53.6 Å². The molecule has 3 nitrogen and oxygen atoms in total. The summed E-state index contributed by atoms with van der Waals surface area (Å²) in [5.74, 6) is 0.699. The molecule has 0 atom stereocenters. The number of hydrogen-bond acceptors (Lipinski definition) is 2. The van der Waals surface area contributed by atoms with Gasteiger partial charge in [0, 0.05) is 22.2 Å². The van der Waals surface area contributed by atoms with Gasteiger partial charge in [-0.25, -0.2) is 0 Å². The predicted octanol–water partition coefficient (Wildman–Crippen LogP) is 5.14. The lowest BCUT2D eigenvalue weighted by atomic mass is 9.99. The van der Waals surface area contributed by atoms with Crippen LogP contribution in [0.3, 0.4) is 0 Å². The van der Waals surface area contributed by atoms with E-state index in [2.05, 4.69) is 4.98 Å². The van der Waals surface area contributed by atoms with Gasteiger partial charge in [-0.2, -0.15) is 13.2 Å². The number of methoxy groups -OCH3 is 1. The lowest BCUT2D eigenvalue weighted by Gasteiger charge is -2.08. The predicted molar refractivity (Wildman–Crippen MR) is 97.3 cm³/mol. The van der Waals surface area contributed by atoms with E-state index in [0.29, 0.717) is 29.6 Å². The summed E-state index contributed by atoms with van der Waals surface area (Å²) in [6, 6.07) is 11.3. The van der Waals surface area contributed by atoms with Crippen LogP contribution < -0.4 is 10.5 Å². The normalized spacial score (nSPS) is 11.9. The Morgan fingerprint density at radius 2 is 1.88 bits per heavy atom. The SMILES string of the molecule is COc1cccc(-c2[nH]c3ccc(C(F)(F)F)cc3c2CCCCN)c1. The number of rotatable bonds is 6. The molecule has 0 unspecified atom stereocenters. The molecule has 3 aromatic rings. The van der Waals surface area contributed by atoms with Crippen LogP contribution in [0.15, 0.2) is 42.5 Å². The Kier molecular flexibility index (Phi) is 5.23. The third kappa shape index (κ3) is 3.70. The average Bonchev–Trinajstić information content (AvgIpc) is 2.99. The number of fused-ring (bicyclic) bond motifs is 1. The molecule has 0 aliphatic rings. The Labute approximate surface area is 150 Å². The first-order valence-corrected chi connectivity index (χ1v) is 8.50. The topological polar surface area (TPSA) is 51.0 Å². The average molecular weight is 362 g/mol. The molecule has 0 saturated heterocycles. The van der Waals surface area contributed by atoms with Crippen molar-refractivity contribution >= 4 is 10.9 Å². The lowest BCUT2D eigenvalue weighted by molar-refractivity contribution is -0.137. The Hall–Kier alpha value is -2.47. The second-order valence-electron chi connectivity index (χ2n) is 6.21. The third-order valence-corrected chi connectivity index (χ3v) is 4.47. The van der Waals surface area contributed by atoms with Gasteiger partial charge in [0.05, 0.1) is 12.7 Å². The summed E-state index contributed by atoms with van der Waals surface area (Å²) in [4.78, 5) is 3.28. The van der Waals surface area contributed by atoms with E-state index in [4.69, 9.17) is 10.5 Å². The zero-order valence-corrected chi connectivity index (χ0v) is 14.5. The van der Waals surface area contributed by atoms with E-state index in [1.54, 1.807) is 7.11 Å². The molecule has 0 aliphatic carbocycles. The van der Waals surface area contributed by atoms with E-state index >= 15 is 0 Å². The van der Waals surface area contributed by atoms with E-state index in [1.165, 1.54) is 12.1 Å². The van der Waals surface area contributed by atoms with Crippen LogP contribution in [0, 0.1) is 0 Å². The van der Waals surface area contributed by atoms with Crippen LogP contribution in [-0.2, 0) is 12.6 Å². The lowest BCUT2D eigenvalue weighted by Crippen LogP contribution is -2.04. The molecule has 0 radical (unpaired) electrons. The van der Waals surface area contributed by atoms with Crippen molar-refractivity contribution in [1.29, 1.82) is 0 Å². The minimum absolute atomic E-state index is 0.560. The first kappa shape index (κ1) is 18.3. The molecule has 0 amide bonds. The van der Waals surface area contributed by atoms with E-state index in [-0.39, 0.29) is 0 Å². The molecule has 1 heterocycles. The summed E-state index contributed by atoms with van der Waals surface area (Å²) < 4.78 is 44.7. The smallest absolute Gasteiger partial charge is 0.416 e. The highest BCUT2D eigenvalue weighted by Gasteiger charge is 2.31. The summed E-state index contributed by atoms with van der Waals surface area (Å²) in [6.45, 7) is 0.560. The van der Waals surface area contributed by atoms with Crippen molar-refractivity contribution in [2.75, 3.05) is 13.7 Å². The Morgan fingerprint density at radius 3 is 2.58 bits per heavy atom. The van der Waals surface area contributed by atoms with Crippen molar-refractivity contribution in [2.24, 2.45) is 5.73 Å². The Bertz CT molecular complexity index is 900. The molecule has 0 saturated carbocycles. The Balaban J connectivity index is 2.15. The number of H-pyrrole nitrogens is 1. The molecule has 6 heteroatoms. The molecule has 138 valence electrons. The van der Waals surface area contributed by atoms with Gasteiger partial charge in [-0.15, -0.1) is 0 Å². The highest BCUT2D eigenvalue weighted by molar-refractivity contribution is 5.91. The highest BCUT2D eigenvalue weighted by atomic mass is 19.4. The number of alkyl halides is 3. The van der Waals surface area contributed by atoms with Crippen LogP contribution in [0.25, 0.3) is 22.2 Å². The van der Waals surface area contributed by atoms with Crippen molar-refractivity contribution in [3.63, 3.8) is 0 Å². The van der Waals surface area contributed by atoms with E-state index in [1.807, 2.05) is 24.3 Å². The maximum Gasteiger partial charge on any atom is 0.416 e. The van der Waals surface area contributed by atoms with E-state index in [0.717, 1.165) is 35.7 Å². The second kappa shape index (κ2) is 7.41. The van der Waals surface area contributed by atoms with Gasteiger partial charge in [0.2, 0.25) is 0 Å². The second-order valence-corrected chi connectivity index (χ2v) is 6.21. The fraction of sp³-hybridized carbons (Fsp3) is 0.300. The number of unbranched alkanes of at least 4 members (excludes halogenated alkanes) is 1. The first-order valence-electron chi connectivity index (χ1n) is 8.50. The van der Waals surface area contributed by atoms with Gasteiger partial charge in [0.15, 0.2) is 0 Å². The maximum atomic E-state index is 13.1. The molecular formula is C20H21F3N2O. The molecular weight excluding hydrogens is 341 g/mol. The van der Waals surface area contributed by atoms with Crippen LogP contribution in [0.4, 0.5) is 13.2 Å². The van der Waals surface area contributed by atoms with Gasteiger partial charge in [-0.05, 0) is 61.7 Å². The summed E-state index contributed by atoms with van der Waals surface area (Å²) in [6.07, 6.45) is -2.07. The van der Waals surface area contributed by atoms with Gasteiger partial charge in [0.1, 0.15) is 5.75 Å². The molecule has 3 rings (SSSR count). The molecule has 2 aromatic carbocycles. The van der Waals surface area contributed by atoms with Gasteiger partial charge in [-0.1, -0.05) is 12.1 Å². The monoisotopic (exact) mass is 362 g/mol. The van der Waals surface area contributed by atoms with Gasteiger partial charge >= 0.3 is 6.18 Å². The number of aryl methyl sites for hydroxylation is 1. The van der Waals surface area contributed by atoms with Crippen molar-refractivity contribution in [3.8, 4) is 17.0 Å².